The Morgan fingerprint density at radius 1 is 0.940 bits per heavy atom. The molecule has 0 bridgehead atoms. The Labute approximate surface area is 292 Å². The lowest BCUT2D eigenvalue weighted by Crippen LogP contribution is -2.30. The normalized spacial score (nSPS) is 11.1. The van der Waals surface area contributed by atoms with E-state index in [1.165, 1.54) is 30.5 Å². The van der Waals surface area contributed by atoms with Crippen molar-refractivity contribution < 1.29 is 37.0 Å². The number of halogens is 1. The second-order valence-corrected chi connectivity index (χ2v) is 12.9. The van der Waals surface area contributed by atoms with Crippen molar-refractivity contribution in [1.82, 2.24) is 20.4 Å². The molecule has 15 nitrogen and oxygen atoms in total. The van der Waals surface area contributed by atoms with Crippen molar-refractivity contribution >= 4 is 56.5 Å². The van der Waals surface area contributed by atoms with Gasteiger partial charge in [0.05, 0.1) is 47.1 Å². The summed E-state index contributed by atoms with van der Waals surface area (Å²) in [7, 11) is -2.65. The van der Waals surface area contributed by atoms with E-state index in [4.69, 9.17) is 21.1 Å². The molecule has 0 spiro atoms. The summed E-state index contributed by atoms with van der Waals surface area (Å²) < 4.78 is 40.9. The molecule has 3 aromatic carbocycles. The van der Waals surface area contributed by atoms with Gasteiger partial charge in [-0.3, -0.25) is 14.2 Å². The maximum atomic E-state index is 12.8. The van der Waals surface area contributed by atoms with Crippen LogP contribution in [0.2, 0.25) is 5.02 Å². The van der Waals surface area contributed by atoms with Gasteiger partial charge in [-0.05, 0) is 66.1 Å². The van der Waals surface area contributed by atoms with Crippen LogP contribution in [0.5, 0.6) is 5.88 Å². The molecule has 0 aliphatic heterocycles. The third-order valence-corrected chi connectivity index (χ3v) is 9.10. The Morgan fingerprint density at radius 2 is 1.66 bits per heavy atom. The predicted octanol–water partition coefficient (Wildman–Crippen LogP) is 4.77. The summed E-state index contributed by atoms with van der Waals surface area (Å²) in [6, 6.07) is 21.5. The van der Waals surface area contributed by atoms with Gasteiger partial charge in [0, 0.05) is 12.7 Å². The number of hydrogen-bond acceptors (Lipinski definition) is 13. The summed E-state index contributed by atoms with van der Waals surface area (Å²) in [4.78, 5) is 33.0. The van der Waals surface area contributed by atoms with Crippen molar-refractivity contribution in [3.05, 3.63) is 106 Å². The molecule has 0 aliphatic rings. The van der Waals surface area contributed by atoms with Crippen LogP contribution in [-0.4, -0.2) is 55.7 Å². The highest BCUT2D eigenvalue weighted by Gasteiger charge is 2.35. The Bertz CT molecular complexity index is 2050. The lowest BCUT2D eigenvalue weighted by atomic mass is 10.1. The first-order chi connectivity index (χ1) is 24.2. The SMILES string of the molecule is CNC(=O)c1ccccc1Nc1nc(Nc2ccc(CC(=O)OCCCCCOc3no[n+]([O-])c3S(=O)(=O)c3ccccc3)cc2)ncc1Cl. The standard InChI is InChI=1S/C33H32ClN7O8S/c1-35-30(43)25-12-6-7-13-27(25)38-29-26(34)21-36-33(39-29)37-23-16-14-22(15-17-23)20-28(42)47-18-8-3-9-19-48-31-32(41(44)49-40-31)50(45,46)24-10-4-2-5-11-24/h2,4-7,10-17,21H,3,8-9,18-20H2,1H3,(H,35,43)(H2,36,37,38,39). The van der Waals surface area contributed by atoms with Crippen LogP contribution in [0.25, 0.3) is 0 Å². The van der Waals surface area contributed by atoms with Crippen LogP contribution in [0.15, 0.2) is 99.6 Å². The minimum absolute atomic E-state index is 0.0691. The van der Waals surface area contributed by atoms with Gasteiger partial charge in [0.1, 0.15) is 5.02 Å². The van der Waals surface area contributed by atoms with E-state index in [0.717, 1.165) is 5.56 Å². The third-order valence-electron chi connectivity index (χ3n) is 7.10. The fraction of sp³-hybridized carbons (Fsp3) is 0.212. The van der Waals surface area contributed by atoms with Crippen molar-refractivity contribution in [3.63, 3.8) is 0 Å². The molecule has 2 aromatic heterocycles. The number of rotatable bonds is 16. The average Bonchev–Trinajstić information content (AvgIpc) is 3.51. The molecule has 0 saturated heterocycles. The van der Waals surface area contributed by atoms with Crippen LogP contribution in [0, 0.1) is 5.21 Å². The third kappa shape index (κ3) is 9.03. The van der Waals surface area contributed by atoms with Crippen LogP contribution in [-0.2, 0) is 25.8 Å². The van der Waals surface area contributed by atoms with Gasteiger partial charge in [0.15, 0.2) is 5.82 Å². The van der Waals surface area contributed by atoms with Crippen molar-refractivity contribution in [2.75, 3.05) is 30.9 Å². The summed E-state index contributed by atoms with van der Waals surface area (Å²) in [5.74, 6) is -0.501. The van der Waals surface area contributed by atoms with Gasteiger partial charge in [0.25, 0.3) is 15.7 Å². The second kappa shape index (κ2) is 16.6. The molecule has 50 heavy (non-hydrogen) atoms. The number of carbonyl (C=O) groups excluding carboxylic acids is 2. The van der Waals surface area contributed by atoms with Crippen LogP contribution in [0.1, 0.15) is 35.2 Å². The maximum absolute atomic E-state index is 12.8. The molecule has 1 amide bonds. The molecule has 2 heterocycles. The Hall–Kier alpha value is -5.74. The number of nitrogens with one attached hydrogen (secondary N) is 3. The van der Waals surface area contributed by atoms with E-state index in [-0.39, 0.29) is 46.3 Å². The molecule has 0 radical (unpaired) electrons. The first-order valence-corrected chi connectivity index (χ1v) is 17.2. The van der Waals surface area contributed by atoms with Crippen molar-refractivity contribution in [3.8, 4) is 5.88 Å². The lowest BCUT2D eigenvalue weighted by Gasteiger charge is -2.13. The molecule has 5 rings (SSSR count). The monoisotopic (exact) mass is 721 g/mol. The number of nitrogens with zero attached hydrogens (tertiary/aromatic N) is 4. The Kier molecular flexibility index (Phi) is 11.8. The van der Waals surface area contributed by atoms with Crippen LogP contribution in [0.4, 0.5) is 23.1 Å². The van der Waals surface area contributed by atoms with Crippen LogP contribution in [0.3, 0.4) is 0 Å². The number of anilines is 4. The zero-order valence-corrected chi connectivity index (χ0v) is 28.2. The molecule has 17 heteroatoms. The number of carbonyl (C=O) groups is 2. The molecule has 0 atom stereocenters. The minimum atomic E-state index is -4.19. The van der Waals surface area contributed by atoms with E-state index in [9.17, 15) is 23.2 Å². The van der Waals surface area contributed by atoms with Gasteiger partial charge >= 0.3 is 16.9 Å². The summed E-state index contributed by atoms with van der Waals surface area (Å²) in [6.45, 7) is 0.261. The van der Waals surface area contributed by atoms with E-state index in [1.54, 1.807) is 61.6 Å². The first kappa shape index (κ1) is 35.6. The summed E-state index contributed by atoms with van der Waals surface area (Å²) in [5, 5.41) is 23.7. The number of hydrogen-bond donors (Lipinski definition) is 3. The van der Waals surface area contributed by atoms with Gasteiger partial charge < -0.3 is 30.6 Å². The number of benzene rings is 3. The number of esters is 1. The molecule has 0 aliphatic carbocycles. The van der Waals surface area contributed by atoms with E-state index in [1.807, 2.05) is 0 Å². The highest BCUT2D eigenvalue weighted by atomic mass is 35.5. The van der Waals surface area contributed by atoms with Crippen LogP contribution < -0.4 is 25.6 Å². The van der Waals surface area contributed by atoms with Crippen LogP contribution >= 0.6 is 11.6 Å². The summed E-state index contributed by atoms with van der Waals surface area (Å²) in [6.07, 6.45) is 3.14. The topological polar surface area (TPSA) is 202 Å². The highest BCUT2D eigenvalue weighted by Crippen LogP contribution is 2.27. The first-order valence-electron chi connectivity index (χ1n) is 15.3. The molecular formula is C33H32ClN7O8S. The molecule has 0 fully saturated rings. The largest absolute Gasteiger partial charge is 0.465 e. The number of unbranched alkanes of at least 4 members (excludes halogenated alkanes) is 2. The van der Waals surface area contributed by atoms with Gasteiger partial charge in [-0.25, -0.2) is 13.4 Å². The molecule has 260 valence electrons. The number of amides is 1. The molecule has 0 unspecified atom stereocenters. The lowest BCUT2D eigenvalue weighted by molar-refractivity contribution is -0.832. The summed E-state index contributed by atoms with van der Waals surface area (Å²) in [5.41, 5.74) is 2.36. The average molecular weight is 722 g/mol. The predicted molar refractivity (Wildman–Crippen MR) is 181 cm³/mol. The molecule has 5 aromatic rings. The highest BCUT2D eigenvalue weighted by molar-refractivity contribution is 7.91. The van der Waals surface area contributed by atoms with E-state index >= 15 is 0 Å². The smallest absolute Gasteiger partial charge is 0.414 e. The zero-order valence-electron chi connectivity index (χ0n) is 26.7. The molecule has 0 saturated carbocycles. The fourth-order valence-electron chi connectivity index (χ4n) is 4.60. The van der Waals surface area contributed by atoms with Crippen molar-refractivity contribution in [2.45, 2.75) is 35.6 Å². The number of aromatic nitrogens is 4. The fourth-order valence-corrected chi connectivity index (χ4v) is 6.03. The van der Waals surface area contributed by atoms with Crippen molar-refractivity contribution in [1.29, 1.82) is 0 Å². The quantitative estimate of drug-likeness (QED) is 0.0715. The molecular weight excluding hydrogens is 690 g/mol. The van der Waals surface area contributed by atoms with E-state index < -0.39 is 26.7 Å². The number of ether oxygens (including phenoxy) is 2. The van der Waals surface area contributed by atoms with Gasteiger partial charge in [-0.2, -0.15) is 4.98 Å². The maximum Gasteiger partial charge on any atom is 0.414 e. The van der Waals surface area contributed by atoms with Gasteiger partial charge in [-0.1, -0.05) is 54.1 Å². The molecule has 3 N–H and O–H groups in total. The number of para-hydroxylation sites is 1. The van der Waals surface area contributed by atoms with E-state index in [0.29, 0.717) is 42.0 Å². The Balaban J connectivity index is 1.04. The van der Waals surface area contributed by atoms with E-state index in [2.05, 4.69) is 35.7 Å². The van der Waals surface area contributed by atoms with Gasteiger partial charge in [0.2, 0.25) is 5.95 Å². The van der Waals surface area contributed by atoms with Gasteiger partial charge in [-0.15, -0.1) is 0 Å². The second-order valence-electron chi connectivity index (χ2n) is 10.6. The van der Waals surface area contributed by atoms with Crippen molar-refractivity contribution in [2.24, 2.45) is 0 Å². The summed E-state index contributed by atoms with van der Waals surface area (Å²) >= 11 is 6.31. The minimum Gasteiger partial charge on any atom is -0.465 e. The zero-order chi connectivity index (χ0) is 35.5. The number of sulfone groups is 1. The Morgan fingerprint density at radius 3 is 2.42 bits per heavy atom.